The molecule has 1 aliphatic carbocycles. The summed E-state index contributed by atoms with van der Waals surface area (Å²) in [5, 5.41) is 7.08. The number of ether oxygens (including phenoxy) is 1. The fourth-order valence-electron chi connectivity index (χ4n) is 6.84. The molecular formula is C36H41N5O4. The highest BCUT2D eigenvalue weighted by atomic mass is 16.5. The minimum atomic E-state index is -1.12. The number of nitrogens with one attached hydrogen (secondary N) is 3. The van der Waals surface area contributed by atoms with Crippen LogP contribution in [-0.2, 0) is 32.8 Å². The molecule has 5 N–H and O–H groups in total. The summed E-state index contributed by atoms with van der Waals surface area (Å²) < 4.78 is 5.53. The van der Waals surface area contributed by atoms with Crippen LogP contribution in [0.4, 0.5) is 4.79 Å². The molecule has 1 aromatic heterocycles. The van der Waals surface area contributed by atoms with Crippen LogP contribution in [-0.4, -0.2) is 52.5 Å². The normalized spacial score (nSPS) is 17.9. The van der Waals surface area contributed by atoms with E-state index in [1.807, 2.05) is 77.8 Å². The Morgan fingerprint density at radius 2 is 1.69 bits per heavy atom. The second-order valence-corrected chi connectivity index (χ2v) is 13.0. The second kappa shape index (κ2) is 12.4. The van der Waals surface area contributed by atoms with Crippen LogP contribution in [0.25, 0.3) is 10.9 Å². The summed E-state index contributed by atoms with van der Waals surface area (Å²) >= 11 is 0. The van der Waals surface area contributed by atoms with E-state index in [1.54, 1.807) is 13.8 Å². The van der Waals surface area contributed by atoms with Gasteiger partial charge in [-0.15, -0.1) is 0 Å². The van der Waals surface area contributed by atoms with Crippen molar-refractivity contribution < 1.29 is 19.1 Å². The van der Waals surface area contributed by atoms with Crippen molar-refractivity contribution in [2.24, 2.45) is 5.73 Å². The van der Waals surface area contributed by atoms with E-state index in [0.29, 0.717) is 19.5 Å². The topological polar surface area (TPSA) is 130 Å². The lowest BCUT2D eigenvalue weighted by Crippen LogP contribution is -2.58. The molecule has 0 saturated carbocycles. The SMILES string of the molecule is CC(C)(N)C(=O)N[C@H](Cc1c[nH]c2ccccc12)C(=O)N1CCC2(CC1)CC(NC(=O)OCc1ccccc1)c1ccccc12. The Bertz CT molecular complexity index is 1680. The van der Waals surface area contributed by atoms with E-state index in [4.69, 9.17) is 10.5 Å². The number of carbonyl (C=O) groups excluding carboxylic acids is 3. The average Bonchev–Trinajstić information content (AvgIpc) is 3.58. The molecule has 1 aliphatic heterocycles. The molecule has 1 unspecified atom stereocenters. The van der Waals surface area contributed by atoms with E-state index in [9.17, 15) is 14.4 Å². The summed E-state index contributed by atoms with van der Waals surface area (Å²) in [5.41, 5.74) is 10.0. The lowest BCUT2D eigenvalue weighted by atomic mass is 9.73. The van der Waals surface area contributed by atoms with Gasteiger partial charge in [0.1, 0.15) is 12.6 Å². The van der Waals surface area contributed by atoms with E-state index in [0.717, 1.165) is 46.9 Å². The number of likely N-dealkylation sites (tertiary alicyclic amines) is 1. The third-order valence-corrected chi connectivity index (χ3v) is 9.33. The van der Waals surface area contributed by atoms with E-state index in [2.05, 4.69) is 27.8 Å². The predicted octanol–water partition coefficient (Wildman–Crippen LogP) is 4.86. The van der Waals surface area contributed by atoms with Gasteiger partial charge in [0.2, 0.25) is 11.8 Å². The van der Waals surface area contributed by atoms with Crippen LogP contribution < -0.4 is 16.4 Å². The first-order valence-electron chi connectivity index (χ1n) is 15.6. The molecular weight excluding hydrogens is 566 g/mol. The van der Waals surface area contributed by atoms with Crippen LogP contribution in [0.5, 0.6) is 0 Å². The van der Waals surface area contributed by atoms with Gasteiger partial charge in [-0.1, -0.05) is 72.8 Å². The number of carbonyl (C=O) groups is 3. The van der Waals surface area contributed by atoms with E-state index in [1.165, 1.54) is 5.56 Å². The Hall–Kier alpha value is -4.63. The third-order valence-electron chi connectivity index (χ3n) is 9.33. The summed E-state index contributed by atoms with van der Waals surface area (Å²) in [6.45, 7) is 4.58. The van der Waals surface area contributed by atoms with Gasteiger partial charge in [0.25, 0.3) is 0 Å². The maximum atomic E-state index is 14.1. The quantitative estimate of drug-likeness (QED) is 0.227. The number of benzene rings is 3. The van der Waals surface area contributed by atoms with Crippen molar-refractivity contribution in [2.75, 3.05) is 13.1 Å². The number of piperidine rings is 1. The zero-order chi connectivity index (χ0) is 31.6. The molecule has 2 heterocycles. The molecule has 1 fully saturated rings. The Morgan fingerprint density at radius 1 is 1.00 bits per heavy atom. The number of H-pyrrole nitrogens is 1. The monoisotopic (exact) mass is 607 g/mol. The van der Waals surface area contributed by atoms with E-state index < -0.39 is 17.7 Å². The number of rotatable bonds is 8. The van der Waals surface area contributed by atoms with Crippen molar-refractivity contribution >= 4 is 28.8 Å². The number of aromatic amines is 1. The lowest BCUT2D eigenvalue weighted by molar-refractivity contribution is -0.138. The summed E-state index contributed by atoms with van der Waals surface area (Å²) in [5.74, 6) is -0.481. The summed E-state index contributed by atoms with van der Waals surface area (Å²) in [6.07, 6.45) is 4.06. The number of amides is 3. The number of aromatic nitrogens is 1. The highest BCUT2D eigenvalue weighted by molar-refractivity contribution is 5.92. The Labute approximate surface area is 263 Å². The van der Waals surface area contributed by atoms with Crippen LogP contribution in [0.2, 0.25) is 0 Å². The van der Waals surface area contributed by atoms with Gasteiger partial charge in [0.15, 0.2) is 0 Å². The van der Waals surface area contributed by atoms with Crippen LogP contribution >= 0.6 is 0 Å². The largest absolute Gasteiger partial charge is 0.445 e. The number of alkyl carbamates (subject to hydrolysis) is 1. The molecule has 2 atom stereocenters. The molecule has 6 rings (SSSR count). The van der Waals surface area contributed by atoms with E-state index >= 15 is 0 Å². The van der Waals surface area contributed by atoms with Gasteiger partial charge in [-0.25, -0.2) is 4.79 Å². The molecule has 4 aromatic rings. The maximum Gasteiger partial charge on any atom is 0.407 e. The first kappa shape index (κ1) is 30.4. The van der Waals surface area contributed by atoms with Crippen LogP contribution in [0.3, 0.4) is 0 Å². The van der Waals surface area contributed by atoms with Gasteiger partial charge in [-0.2, -0.15) is 0 Å². The highest BCUT2D eigenvalue weighted by Gasteiger charge is 2.47. The average molecular weight is 608 g/mol. The molecule has 2 aliphatic rings. The highest BCUT2D eigenvalue weighted by Crippen LogP contribution is 2.50. The van der Waals surface area contributed by atoms with Crippen molar-refractivity contribution in [3.05, 3.63) is 107 Å². The summed E-state index contributed by atoms with van der Waals surface area (Å²) in [7, 11) is 0. The van der Waals surface area contributed by atoms with Crippen LogP contribution in [0.1, 0.15) is 61.4 Å². The van der Waals surface area contributed by atoms with Crippen LogP contribution in [0.15, 0.2) is 85.1 Å². The Kier molecular flexibility index (Phi) is 8.38. The third kappa shape index (κ3) is 6.44. The van der Waals surface area contributed by atoms with Gasteiger partial charge < -0.3 is 31.0 Å². The second-order valence-electron chi connectivity index (χ2n) is 13.0. The summed E-state index contributed by atoms with van der Waals surface area (Å²) in [6, 6.07) is 24.9. The van der Waals surface area contributed by atoms with Crippen LogP contribution in [0, 0.1) is 0 Å². The molecule has 0 bridgehead atoms. The van der Waals surface area contributed by atoms with E-state index in [-0.39, 0.29) is 29.9 Å². The van der Waals surface area contributed by atoms with Gasteiger partial charge in [0, 0.05) is 42.0 Å². The number of nitrogens with zero attached hydrogens (tertiary/aromatic N) is 1. The zero-order valence-electron chi connectivity index (χ0n) is 25.8. The fraction of sp³-hybridized carbons (Fsp3) is 0.361. The number of hydrogen-bond acceptors (Lipinski definition) is 5. The number of hydrogen-bond donors (Lipinski definition) is 4. The van der Waals surface area contributed by atoms with Crippen molar-refractivity contribution in [3.8, 4) is 0 Å². The van der Waals surface area contributed by atoms with Gasteiger partial charge in [-0.3, -0.25) is 9.59 Å². The number of fused-ring (bicyclic) bond motifs is 3. The van der Waals surface area contributed by atoms with Crippen molar-refractivity contribution in [2.45, 2.75) is 69.2 Å². The minimum absolute atomic E-state index is 0.113. The maximum absolute atomic E-state index is 14.1. The molecule has 0 radical (unpaired) electrons. The number of para-hydroxylation sites is 1. The van der Waals surface area contributed by atoms with Crippen molar-refractivity contribution in [3.63, 3.8) is 0 Å². The van der Waals surface area contributed by atoms with Crippen molar-refractivity contribution in [1.82, 2.24) is 20.5 Å². The first-order chi connectivity index (χ1) is 21.6. The van der Waals surface area contributed by atoms with Gasteiger partial charge >= 0.3 is 6.09 Å². The minimum Gasteiger partial charge on any atom is -0.445 e. The van der Waals surface area contributed by atoms with Crippen molar-refractivity contribution in [1.29, 1.82) is 0 Å². The summed E-state index contributed by atoms with van der Waals surface area (Å²) in [4.78, 5) is 45.0. The molecule has 3 amide bonds. The molecule has 9 nitrogen and oxygen atoms in total. The molecule has 1 saturated heterocycles. The first-order valence-corrected chi connectivity index (χ1v) is 15.6. The molecule has 9 heteroatoms. The standard InChI is InChI=1S/C36H41N5O4/c1-35(2,37)33(43)39-30(20-25-22-38-29-15-9-7-12-26(25)29)32(42)41-18-16-36(17-19-41)21-31(27-13-6-8-14-28(27)36)40-34(44)45-23-24-10-4-3-5-11-24/h3-15,22,30-31,38H,16-21,23,37H2,1-2H3,(H,39,43)(H,40,44)/t30-,31?/m1/s1. The lowest BCUT2D eigenvalue weighted by Gasteiger charge is -2.41. The molecule has 234 valence electrons. The zero-order valence-corrected chi connectivity index (χ0v) is 25.8. The fourth-order valence-corrected chi connectivity index (χ4v) is 6.84. The van der Waals surface area contributed by atoms with Gasteiger partial charge in [0.05, 0.1) is 11.6 Å². The smallest absolute Gasteiger partial charge is 0.407 e. The Morgan fingerprint density at radius 3 is 2.44 bits per heavy atom. The Balaban J connectivity index is 1.15. The predicted molar refractivity (Wildman–Crippen MR) is 173 cm³/mol. The number of nitrogens with two attached hydrogens (primary N) is 1. The van der Waals surface area contributed by atoms with Gasteiger partial charge in [-0.05, 0) is 61.4 Å². The molecule has 1 spiro atoms. The molecule has 45 heavy (non-hydrogen) atoms. The molecule has 3 aromatic carbocycles.